The Balaban J connectivity index is 2.29. The summed E-state index contributed by atoms with van der Waals surface area (Å²) >= 11 is 1.47. The summed E-state index contributed by atoms with van der Waals surface area (Å²) < 4.78 is 1.03. The highest BCUT2D eigenvalue weighted by molar-refractivity contribution is 8.23. The quantitative estimate of drug-likeness (QED) is 0.652. The fourth-order valence-corrected chi connectivity index (χ4v) is 3.28. The summed E-state index contributed by atoms with van der Waals surface area (Å²) in [6.07, 6.45) is 4.06. The van der Waals surface area contributed by atoms with Gasteiger partial charge in [0, 0.05) is 0 Å². The number of aromatic nitrogens is 2. The number of allylic oxidation sites excluding steroid dienone is 2. The van der Waals surface area contributed by atoms with Crippen molar-refractivity contribution in [3.8, 4) is 0 Å². The van der Waals surface area contributed by atoms with Gasteiger partial charge in [-0.2, -0.15) is 10.9 Å². The predicted octanol–water partition coefficient (Wildman–Crippen LogP) is 1.52. The average Bonchev–Trinajstić information content (AvgIpc) is 2.55. The number of anilines is 1. The number of nitrogens with zero attached hydrogens (tertiary/aromatic N) is 2. The van der Waals surface area contributed by atoms with Crippen LogP contribution in [0.25, 0.3) is 0 Å². The molecule has 0 radical (unpaired) electrons. The van der Waals surface area contributed by atoms with Gasteiger partial charge in [0.2, 0.25) is 5.13 Å². The molecule has 0 aliphatic carbocycles. The normalized spacial score (nSPS) is 18.0. The van der Waals surface area contributed by atoms with Crippen molar-refractivity contribution >= 4 is 27.4 Å². The van der Waals surface area contributed by atoms with Gasteiger partial charge in [-0.25, -0.2) is 0 Å². The zero-order chi connectivity index (χ0) is 7.68. The van der Waals surface area contributed by atoms with E-state index in [0.717, 1.165) is 4.34 Å². The van der Waals surface area contributed by atoms with Crippen molar-refractivity contribution in [2.24, 2.45) is 0 Å². The van der Waals surface area contributed by atoms with Crippen LogP contribution in [0.15, 0.2) is 27.3 Å². The van der Waals surface area contributed by atoms with E-state index in [9.17, 15) is 0 Å². The number of hydrogen-bond acceptors (Lipinski definition) is 4. The average molecular weight is 185 g/mol. The Morgan fingerprint density at radius 1 is 1.27 bits per heavy atom. The van der Waals surface area contributed by atoms with Crippen molar-refractivity contribution in [2.45, 2.75) is 4.34 Å². The molecule has 11 heavy (non-hydrogen) atoms. The van der Waals surface area contributed by atoms with Crippen LogP contribution in [0.1, 0.15) is 0 Å². The Kier molecular flexibility index (Phi) is 1.67. The second-order valence-corrected chi connectivity index (χ2v) is 5.16. The van der Waals surface area contributed by atoms with Gasteiger partial charge in [-0.3, -0.25) is 0 Å². The highest BCUT2D eigenvalue weighted by Crippen LogP contribution is 2.43. The van der Waals surface area contributed by atoms with Crippen LogP contribution in [0.2, 0.25) is 0 Å². The maximum absolute atomic E-state index is 5.45. The van der Waals surface area contributed by atoms with E-state index >= 15 is 0 Å². The molecule has 1 aromatic rings. The molecule has 0 saturated heterocycles. The van der Waals surface area contributed by atoms with Crippen LogP contribution >= 0.6 is 22.2 Å². The van der Waals surface area contributed by atoms with Gasteiger partial charge in [-0.05, 0) is 10.8 Å². The maximum atomic E-state index is 5.45. The van der Waals surface area contributed by atoms with E-state index in [2.05, 4.69) is 21.0 Å². The first-order chi connectivity index (χ1) is 5.36. The van der Waals surface area contributed by atoms with Crippen LogP contribution in [-0.2, 0) is 0 Å². The Hall–Kier alpha value is -0.810. The molecule has 2 N–H and O–H groups in total. The molecule has 2 rings (SSSR count). The lowest BCUT2D eigenvalue weighted by molar-refractivity contribution is 1.02. The van der Waals surface area contributed by atoms with E-state index in [1.807, 2.05) is 12.2 Å². The molecule has 0 saturated carbocycles. The first kappa shape index (κ1) is 6.87. The van der Waals surface area contributed by atoms with E-state index in [-0.39, 0.29) is 10.9 Å². The predicted molar refractivity (Wildman–Crippen MR) is 49.9 cm³/mol. The molecule has 0 unspecified atom stereocenters. The van der Waals surface area contributed by atoms with Gasteiger partial charge in [-0.15, -0.1) is 10.2 Å². The largest absolute Gasteiger partial charge is 0.374 e. The molecule has 3 nitrogen and oxygen atoms in total. The summed E-state index contributed by atoms with van der Waals surface area (Å²) in [5, 5.41) is 12.5. The fourth-order valence-electron chi connectivity index (χ4n) is 0.793. The van der Waals surface area contributed by atoms with Gasteiger partial charge in [0.1, 0.15) is 0 Å². The van der Waals surface area contributed by atoms with E-state index in [4.69, 9.17) is 5.73 Å². The minimum atomic E-state index is -0.316. The minimum Gasteiger partial charge on any atom is -0.374 e. The lowest BCUT2D eigenvalue weighted by Gasteiger charge is -2.01. The van der Waals surface area contributed by atoms with Crippen molar-refractivity contribution in [1.29, 1.82) is 0 Å². The summed E-state index contributed by atoms with van der Waals surface area (Å²) in [6, 6.07) is 0. The number of nitrogen functional groups attached to an aromatic ring is 1. The first-order valence-corrected chi connectivity index (χ1v) is 5.38. The molecule has 0 amide bonds. The lowest BCUT2D eigenvalue weighted by atomic mass is 10.6. The topological polar surface area (TPSA) is 51.8 Å². The third-order valence-electron chi connectivity index (χ3n) is 1.26. The van der Waals surface area contributed by atoms with E-state index < -0.39 is 0 Å². The monoisotopic (exact) mass is 185 g/mol. The molecule has 1 aromatic heterocycles. The third-order valence-corrected chi connectivity index (χ3v) is 4.23. The minimum absolute atomic E-state index is 0.316. The molecule has 1 aliphatic heterocycles. The van der Waals surface area contributed by atoms with Crippen molar-refractivity contribution in [1.82, 2.24) is 10.2 Å². The first-order valence-electron chi connectivity index (χ1n) is 3.08. The molecule has 0 aromatic carbocycles. The summed E-state index contributed by atoms with van der Waals surface area (Å²) in [6.45, 7) is 0. The van der Waals surface area contributed by atoms with Gasteiger partial charge in [0.05, 0.1) is 0 Å². The van der Waals surface area contributed by atoms with Crippen LogP contribution in [0.3, 0.4) is 0 Å². The Bertz CT molecular complexity index is 303. The lowest BCUT2D eigenvalue weighted by Crippen LogP contribution is -1.79. The molecule has 0 fully saturated rings. The van der Waals surface area contributed by atoms with E-state index in [0.29, 0.717) is 5.13 Å². The summed E-state index contributed by atoms with van der Waals surface area (Å²) in [5.41, 5.74) is 5.45. The highest BCUT2D eigenvalue weighted by Gasteiger charge is 2.07. The second-order valence-electron chi connectivity index (χ2n) is 2.01. The summed E-state index contributed by atoms with van der Waals surface area (Å²) in [7, 11) is -0.316. The number of thiol groups is 1. The van der Waals surface area contributed by atoms with Gasteiger partial charge in [0.15, 0.2) is 4.34 Å². The molecule has 0 atom stereocenters. The number of hydrogen-bond donors (Lipinski definition) is 2. The van der Waals surface area contributed by atoms with Gasteiger partial charge < -0.3 is 5.73 Å². The standard InChI is InChI=1S/C6H7N3S2/c7-5-8-9-6(10-5)11-3-1-2-4-11/h1-4,11H,(H2,7,8). The van der Waals surface area contributed by atoms with Gasteiger partial charge in [0.25, 0.3) is 0 Å². The third kappa shape index (κ3) is 1.29. The van der Waals surface area contributed by atoms with Crippen molar-refractivity contribution in [3.63, 3.8) is 0 Å². The molecular weight excluding hydrogens is 178 g/mol. The summed E-state index contributed by atoms with van der Waals surface area (Å²) in [4.78, 5) is 0. The fraction of sp³-hybridized carbons (Fsp3) is 0. The van der Waals surface area contributed by atoms with Crippen LogP contribution in [0.4, 0.5) is 5.13 Å². The van der Waals surface area contributed by atoms with Crippen molar-refractivity contribution < 1.29 is 0 Å². The maximum Gasteiger partial charge on any atom is 0.203 e. The molecule has 5 heteroatoms. The Morgan fingerprint density at radius 2 is 2.00 bits per heavy atom. The number of nitrogens with two attached hydrogens (primary N) is 1. The highest BCUT2D eigenvalue weighted by atomic mass is 32.2. The van der Waals surface area contributed by atoms with Crippen LogP contribution in [0, 0.1) is 0 Å². The molecular formula is C6H7N3S2. The molecule has 0 spiro atoms. The Morgan fingerprint density at radius 3 is 2.55 bits per heavy atom. The smallest absolute Gasteiger partial charge is 0.203 e. The van der Waals surface area contributed by atoms with Crippen LogP contribution in [0.5, 0.6) is 0 Å². The number of rotatable bonds is 1. The van der Waals surface area contributed by atoms with E-state index in [1.165, 1.54) is 11.3 Å². The second kappa shape index (κ2) is 2.67. The zero-order valence-electron chi connectivity index (χ0n) is 5.64. The van der Waals surface area contributed by atoms with Gasteiger partial charge in [-0.1, -0.05) is 23.5 Å². The van der Waals surface area contributed by atoms with Crippen molar-refractivity contribution in [2.75, 3.05) is 5.73 Å². The van der Waals surface area contributed by atoms with Crippen LogP contribution in [-0.4, -0.2) is 10.2 Å². The Labute approximate surface area is 71.0 Å². The van der Waals surface area contributed by atoms with Crippen molar-refractivity contribution in [3.05, 3.63) is 23.0 Å². The molecule has 1 aliphatic rings. The zero-order valence-corrected chi connectivity index (χ0v) is 7.35. The van der Waals surface area contributed by atoms with Crippen LogP contribution < -0.4 is 5.73 Å². The molecule has 2 heterocycles. The van der Waals surface area contributed by atoms with E-state index in [1.54, 1.807) is 0 Å². The molecule has 0 bridgehead atoms. The summed E-state index contributed by atoms with van der Waals surface area (Å²) in [5.74, 6) is 0. The molecule has 58 valence electrons. The SMILES string of the molecule is Nc1nnc([SH]2C=CC=C2)s1. The van der Waals surface area contributed by atoms with Gasteiger partial charge >= 0.3 is 0 Å².